The second-order valence-electron chi connectivity index (χ2n) is 5.00. The van der Waals surface area contributed by atoms with Crippen molar-refractivity contribution in [2.75, 3.05) is 11.8 Å². The third kappa shape index (κ3) is 5.02. The van der Waals surface area contributed by atoms with E-state index in [4.69, 9.17) is 4.74 Å². The fraction of sp³-hybridized carbons (Fsp3) is 0.250. The Bertz CT molecular complexity index is 833. The van der Waals surface area contributed by atoms with E-state index in [2.05, 4.69) is 9.46 Å². The lowest BCUT2D eigenvalue weighted by atomic mass is 10.1. The first kappa shape index (κ1) is 18.9. The predicted octanol–water partition coefficient (Wildman–Crippen LogP) is 3.96. The van der Waals surface area contributed by atoms with E-state index in [1.54, 1.807) is 6.07 Å². The number of sulfonamides is 1. The van der Waals surface area contributed by atoms with E-state index in [9.17, 15) is 21.6 Å². The highest BCUT2D eigenvalue weighted by Crippen LogP contribution is 2.27. The number of methoxy groups -OCH3 is 1. The van der Waals surface area contributed by atoms with E-state index >= 15 is 0 Å². The van der Waals surface area contributed by atoms with Crippen LogP contribution in [0.25, 0.3) is 0 Å². The summed E-state index contributed by atoms with van der Waals surface area (Å²) in [5.41, 5.74) is 0.836. The molecule has 136 valence electrons. The first-order chi connectivity index (χ1) is 11.6. The van der Waals surface area contributed by atoms with Crippen molar-refractivity contribution < 1.29 is 31.1 Å². The second-order valence-corrected chi connectivity index (χ2v) is 6.69. The number of benzene rings is 2. The van der Waals surface area contributed by atoms with Crippen LogP contribution in [0.2, 0.25) is 0 Å². The number of halogens is 3. The van der Waals surface area contributed by atoms with Crippen molar-refractivity contribution in [3.8, 4) is 11.5 Å². The molecule has 5 nitrogen and oxygen atoms in total. The van der Waals surface area contributed by atoms with Gasteiger partial charge in [-0.25, -0.2) is 8.42 Å². The molecule has 25 heavy (non-hydrogen) atoms. The Morgan fingerprint density at radius 2 is 1.72 bits per heavy atom. The van der Waals surface area contributed by atoms with Crippen LogP contribution >= 0.6 is 0 Å². The summed E-state index contributed by atoms with van der Waals surface area (Å²) in [6.07, 6.45) is -4.23. The molecule has 0 fully saturated rings. The molecule has 0 aromatic heterocycles. The highest BCUT2D eigenvalue weighted by molar-refractivity contribution is 7.92. The van der Waals surface area contributed by atoms with Gasteiger partial charge in [0.1, 0.15) is 11.5 Å². The summed E-state index contributed by atoms with van der Waals surface area (Å²) in [7, 11) is -2.40. The maximum atomic E-state index is 12.4. The Morgan fingerprint density at radius 1 is 1.08 bits per heavy atom. The molecule has 0 saturated heterocycles. The van der Waals surface area contributed by atoms with Gasteiger partial charge < -0.3 is 9.47 Å². The van der Waals surface area contributed by atoms with Crippen molar-refractivity contribution in [3.05, 3.63) is 48.0 Å². The third-order valence-electron chi connectivity index (χ3n) is 3.28. The molecule has 1 N–H and O–H groups in total. The lowest BCUT2D eigenvalue weighted by molar-refractivity contribution is -0.274. The van der Waals surface area contributed by atoms with Crippen LogP contribution in [-0.4, -0.2) is 21.9 Å². The smallest absolute Gasteiger partial charge is 0.496 e. The molecular formula is C16H16F3NO4S. The fourth-order valence-electron chi connectivity index (χ4n) is 2.14. The summed E-state index contributed by atoms with van der Waals surface area (Å²) in [4.78, 5) is 0.0285. The van der Waals surface area contributed by atoms with E-state index in [1.807, 2.05) is 6.92 Å². The number of anilines is 1. The minimum absolute atomic E-state index is 0.0285. The van der Waals surface area contributed by atoms with E-state index in [0.29, 0.717) is 12.2 Å². The van der Waals surface area contributed by atoms with Crippen LogP contribution in [-0.2, 0) is 16.4 Å². The number of nitrogens with one attached hydrogen (secondary N) is 1. The SMILES string of the molecule is CCc1cc(S(=O)(=O)Nc2ccc(OC(F)(F)F)cc2)ccc1OC. The maximum absolute atomic E-state index is 12.4. The molecule has 9 heteroatoms. The van der Waals surface area contributed by atoms with E-state index in [1.165, 1.54) is 31.4 Å². The molecule has 0 spiro atoms. The van der Waals surface area contributed by atoms with Gasteiger partial charge in [-0.15, -0.1) is 13.2 Å². The molecule has 0 saturated carbocycles. The Morgan fingerprint density at radius 3 is 2.24 bits per heavy atom. The van der Waals surface area contributed by atoms with Crippen molar-refractivity contribution in [2.45, 2.75) is 24.6 Å². The largest absolute Gasteiger partial charge is 0.573 e. The molecule has 0 heterocycles. The molecule has 0 aliphatic heterocycles. The van der Waals surface area contributed by atoms with Crippen LogP contribution in [0.5, 0.6) is 11.5 Å². The maximum Gasteiger partial charge on any atom is 0.573 e. The highest BCUT2D eigenvalue weighted by atomic mass is 32.2. The van der Waals surface area contributed by atoms with Crippen LogP contribution in [0.1, 0.15) is 12.5 Å². The standard InChI is InChI=1S/C16H16F3NO4S/c1-3-11-10-14(8-9-15(11)23-2)25(21,22)20-12-4-6-13(7-5-12)24-16(17,18)19/h4-10,20H,3H2,1-2H3. The average molecular weight is 375 g/mol. The summed E-state index contributed by atoms with van der Waals surface area (Å²) in [5.74, 6) is 0.142. The van der Waals surface area contributed by atoms with Crippen LogP contribution in [0.3, 0.4) is 0 Å². The predicted molar refractivity (Wildman–Crippen MR) is 86.3 cm³/mol. The zero-order valence-electron chi connectivity index (χ0n) is 13.4. The van der Waals surface area contributed by atoms with Crippen molar-refractivity contribution in [2.24, 2.45) is 0 Å². The zero-order chi connectivity index (χ0) is 18.7. The van der Waals surface area contributed by atoms with Gasteiger partial charge >= 0.3 is 6.36 Å². The molecule has 0 amide bonds. The normalized spacial score (nSPS) is 11.9. The zero-order valence-corrected chi connectivity index (χ0v) is 14.2. The molecular weight excluding hydrogens is 359 g/mol. The van der Waals surface area contributed by atoms with Gasteiger partial charge in [0, 0.05) is 5.69 Å². The molecule has 0 aliphatic carbocycles. The van der Waals surface area contributed by atoms with Crippen molar-refractivity contribution in [3.63, 3.8) is 0 Å². The Balaban J connectivity index is 2.21. The van der Waals surface area contributed by atoms with Crippen LogP contribution in [0.4, 0.5) is 18.9 Å². The molecule has 0 bridgehead atoms. The molecule has 2 rings (SSSR count). The van der Waals surface area contributed by atoms with Crippen LogP contribution < -0.4 is 14.2 Å². The number of rotatable bonds is 6. The highest BCUT2D eigenvalue weighted by Gasteiger charge is 2.31. The molecule has 0 aliphatic rings. The molecule has 0 unspecified atom stereocenters. The minimum atomic E-state index is -4.80. The molecule has 0 radical (unpaired) electrons. The minimum Gasteiger partial charge on any atom is -0.496 e. The molecule has 2 aromatic rings. The van der Waals surface area contributed by atoms with Crippen molar-refractivity contribution >= 4 is 15.7 Å². The Hall–Kier alpha value is -2.42. The summed E-state index contributed by atoms with van der Waals surface area (Å²) in [5, 5.41) is 0. The fourth-order valence-corrected chi connectivity index (χ4v) is 3.25. The van der Waals surface area contributed by atoms with Crippen molar-refractivity contribution in [1.82, 2.24) is 0 Å². The summed E-state index contributed by atoms with van der Waals surface area (Å²) < 4.78 is 72.4. The van der Waals surface area contributed by atoms with Gasteiger partial charge in [-0.05, 0) is 54.4 Å². The number of hydrogen-bond acceptors (Lipinski definition) is 4. The third-order valence-corrected chi connectivity index (χ3v) is 4.66. The number of alkyl halides is 3. The summed E-state index contributed by atoms with van der Waals surface area (Å²) >= 11 is 0. The lowest BCUT2D eigenvalue weighted by Crippen LogP contribution is -2.17. The van der Waals surface area contributed by atoms with Gasteiger partial charge in [-0.1, -0.05) is 6.92 Å². The van der Waals surface area contributed by atoms with Crippen LogP contribution in [0, 0.1) is 0 Å². The Kier molecular flexibility index (Phi) is 5.46. The first-order valence-electron chi connectivity index (χ1n) is 7.20. The Labute approximate surface area is 143 Å². The monoisotopic (exact) mass is 375 g/mol. The van der Waals surface area contributed by atoms with Gasteiger partial charge in [-0.3, -0.25) is 4.72 Å². The van der Waals surface area contributed by atoms with E-state index in [-0.39, 0.29) is 10.6 Å². The topological polar surface area (TPSA) is 64.6 Å². The number of hydrogen-bond donors (Lipinski definition) is 1. The van der Waals surface area contributed by atoms with Gasteiger partial charge in [-0.2, -0.15) is 0 Å². The lowest BCUT2D eigenvalue weighted by Gasteiger charge is -2.12. The van der Waals surface area contributed by atoms with Gasteiger partial charge in [0.05, 0.1) is 12.0 Å². The van der Waals surface area contributed by atoms with Gasteiger partial charge in [0.2, 0.25) is 0 Å². The number of ether oxygens (including phenoxy) is 2. The first-order valence-corrected chi connectivity index (χ1v) is 8.68. The quantitative estimate of drug-likeness (QED) is 0.830. The van der Waals surface area contributed by atoms with Crippen LogP contribution in [0.15, 0.2) is 47.4 Å². The molecule has 2 aromatic carbocycles. The van der Waals surface area contributed by atoms with Gasteiger partial charge in [0.15, 0.2) is 0 Å². The second kappa shape index (κ2) is 7.22. The van der Waals surface area contributed by atoms with E-state index < -0.39 is 22.1 Å². The average Bonchev–Trinajstić information content (AvgIpc) is 2.54. The van der Waals surface area contributed by atoms with E-state index in [0.717, 1.165) is 17.7 Å². The number of aryl methyl sites for hydroxylation is 1. The summed E-state index contributed by atoms with van der Waals surface area (Å²) in [6, 6.07) is 8.84. The summed E-state index contributed by atoms with van der Waals surface area (Å²) in [6.45, 7) is 1.86. The van der Waals surface area contributed by atoms with Crippen molar-refractivity contribution in [1.29, 1.82) is 0 Å². The molecule has 0 atom stereocenters. The van der Waals surface area contributed by atoms with Gasteiger partial charge in [0.25, 0.3) is 10.0 Å².